The third-order valence-corrected chi connectivity index (χ3v) is 8.58. The second-order valence-electron chi connectivity index (χ2n) is 11.4. The van der Waals surface area contributed by atoms with Gasteiger partial charge in [0.2, 0.25) is 12.4 Å². The summed E-state index contributed by atoms with van der Waals surface area (Å²) in [4.78, 5) is 5.04. The number of aromatic nitrogens is 1. The lowest BCUT2D eigenvalue weighted by atomic mass is 9.12. The van der Waals surface area contributed by atoms with E-state index in [1.165, 1.54) is 10.8 Å². The molecule has 0 spiro atoms. The average molecular weight is 839 g/mol. The first-order chi connectivity index (χ1) is 26.6. The highest BCUT2D eigenvalue weighted by molar-refractivity contribution is 7.20. The zero-order valence-electron chi connectivity index (χ0n) is 27.0. The van der Waals surface area contributed by atoms with Crippen molar-refractivity contribution in [1.82, 2.24) is 0 Å². The number of fused-ring (bicyclic) bond motifs is 1. The van der Waals surface area contributed by atoms with Crippen LogP contribution in [-0.4, -0.2) is 13.3 Å². The van der Waals surface area contributed by atoms with Crippen molar-refractivity contribution < 1.29 is 97.4 Å². The van der Waals surface area contributed by atoms with Crippen LogP contribution in [0.5, 0.6) is 0 Å². The molecule has 0 saturated heterocycles. The Bertz CT molecular complexity index is 2250. The van der Waals surface area contributed by atoms with E-state index in [0.29, 0.717) is 0 Å². The first kappa shape index (κ1) is 42.1. The van der Waals surface area contributed by atoms with Crippen LogP contribution in [0.15, 0.2) is 42.7 Å². The van der Waals surface area contributed by atoms with Gasteiger partial charge in [0.25, 0.3) is 0 Å². The molecule has 0 fully saturated rings. The Hall–Kier alpha value is -6.03. The third-order valence-electron chi connectivity index (χ3n) is 8.58. The summed E-state index contributed by atoms with van der Waals surface area (Å²) >= 11 is 0. The summed E-state index contributed by atoms with van der Waals surface area (Å²) in [6, 6.07) is 10.2. The Labute approximate surface area is 302 Å². The summed E-state index contributed by atoms with van der Waals surface area (Å²) in [7, 11) is 1.65. The molecule has 0 atom stereocenters. The molecule has 0 aliphatic carbocycles. The predicted octanol–water partition coefficient (Wildman–Crippen LogP) is 7.03. The molecular formula is C34H10BF20NO. The van der Waals surface area contributed by atoms with Crippen LogP contribution in [0.25, 0.3) is 10.8 Å². The minimum absolute atomic E-state index is 1.18. The fraction of sp³-hybridized carbons (Fsp3) is 0.0294. The van der Waals surface area contributed by atoms with E-state index in [9.17, 15) is 52.7 Å². The highest BCUT2D eigenvalue weighted by Crippen LogP contribution is 2.30. The van der Waals surface area contributed by atoms with Gasteiger partial charge in [-0.2, -0.15) is 0 Å². The van der Waals surface area contributed by atoms with Crippen molar-refractivity contribution >= 4 is 38.8 Å². The maximum Gasteiger partial charge on any atom is 0.230 e. The first-order valence-corrected chi connectivity index (χ1v) is 14.8. The Morgan fingerprint density at radius 3 is 0.807 bits per heavy atom. The Balaban J connectivity index is 0.000000436. The van der Waals surface area contributed by atoms with Crippen molar-refractivity contribution in [2.75, 3.05) is 7.11 Å². The molecule has 0 N–H and O–H groups in total. The van der Waals surface area contributed by atoms with Gasteiger partial charge in [-0.05, 0) is 11.5 Å². The van der Waals surface area contributed by atoms with Gasteiger partial charge >= 0.3 is 0 Å². The van der Waals surface area contributed by atoms with Crippen molar-refractivity contribution in [3.63, 3.8) is 0 Å². The second kappa shape index (κ2) is 15.1. The molecule has 6 aromatic rings. The molecule has 23 heteroatoms. The molecular weight excluding hydrogens is 829 g/mol. The third kappa shape index (κ3) is 6.22. The minimum atomic E-state index is -7.22. The molecule has 0 saturated carbocycles. The molecule has 5 aromatic carbocycles. The summed E-state index contributed by atoms with van der Waals surface area (Å²) in [6.07, 6.45) is -3.37. The highest BCUT2D eigenvalue weighted by atomic mass is 19.2. The maximum atomic E-state index is 15.4. The van der Waals surface area contributed by atoms with Gasteiger partial charge in [0.15, 0.2) is 69.8 Å². The van der Waals surface area contributed by atoms with E-state index in [0.717, 1.165) is 0 Å². The normalized spacial score (nSPS) is 11.6. The van der Waals surface area contributed by atoms with Gasteiger partial charge in [-0.25, -0.2) is 87.8 Å². The van der Waals surface area contributed by atoms with Crippen LogP contribution in [0.1, 0.15) is 0 Å². The number of hydrogen-bond acceptors (Lipinski definition) is 1. The van der Waals surface area contributed by atoms with E-state index < -0.39 is 144 Å². The highest BCUT2D eigenvalue weighted by Gasteiger charge is 2.52. The molecule has 0 aliphatic heterocycles. The summed E-state index contributed by atoms with van der Waals surface area (Å²) < 4.78 is 296. The van der Waals surface area contributed by atoms with Crippen LogP contribution in [0.2, 0.25) is 0 Å². The fourth-order valence-electron chi connectivity index (χ4n) is 6.10. The molecule has 0 unspecified atom stereocenters. The summed E-state index contributed by atoms with van der Waals surface area (Å²) in [5, 5.41) is 2.41. The fourth-order valence-corrected chi connectivity index (χ4v) is 6.10. The smallest absolute Gasteiger partial charge is 0.230 e. The van der Waals surface area contributed by atoms with Crippen molar-refractivity contribution in [2.24, 2.45) is 0 Å². The molecule has 0 bridgehead atoms. The lowest BCUT2D eigenvalue weighted by Crippen LogP contribution is -2.81. The number of pyridine rings is 1. The zero-order chi connectivity index (χ0) is 42.7. The second-order valence-corrected chi connectivity index (χ2v) is 11.4. The first-order valence-electron chi connectivity index (χ1n) is 14.8. The topological polar surface area (TPSA) is 13.1 Å². The monoisotopic (exact) mass is 839 g/mol. The van der Waals surface area contributed by atoms with Gasteiger partial charge in [0.05, 0.1) is 5.39 Å². The molecule has 6 rings (SSSR count). The van der Waals surface area contributed by atoms with Crippen molar-refractivity contribution in [3.05, 3.63) is 159 Å². The average Bonchev–Trinajstić information content (AvgIpc) is 3.20. The number of hydrogen-bond donors (Lipinski definition) is 0. The van der Waals surface area contributed by atoms with Crippen LogP contribution in [0.3, 0.4) is 0 Å². The van der Waals surface area contributed by atoms with Gasteiger partial charge in [-0.1, -0.05) is 18.2 Å². The Morgan fingerprint density at radius 2 is 0.561 bits per heavy atom. The maximum absolute atomic E-state index is 15.4. The van der Waals surface area contributed by atoms with Gasteiger partial charge in [-0.15, -0.1) is 21.9 Å². The molecule has 2 nitrogen and oxygen atoms in total. The number of halogens is 20. The summed E-state index contributed by atoms with van der Waals surface area (Å²) in [5.74, 6) is -71.4. The van der Waals surface area contributed by atoms with Gasteiger partial charge in [0, 0.05) is 10.8 Å². The largest absolute Gasteiger partial charge is 0.275 e. The van der Waals surface area contributed by atoms with E-state index in [-0.39, 0.29) is 0 Å². The minimum Gasteiger partial charge on any atom is -0.275 e. The van der Waals surface area contributed by atoms with E-state index in [4.69, 9.17) is 4.84 Å². The molecule has 0 aliphatic rings. The van der Waals surface area contributed by atoms with Gasteiger partial charge < -0.3 is 0 Å². The lowest BCUT2D eigenvalue weighted by molar-refractivity contribution is -0.884. The van der Waals surface area contributed by atoms with Crippen LogP contribution >= 0.6 is 0 Å². The molecule has 1 aromatic heterocycles. The zero-order valence-corrected chi connectivity index (χ0v) is 27.0. The molecule has 1 heterocycles. The molecule has 0 amide bonds. The Kier molecular flexibility index (Phi) is 11.2. The van der Waals surface area contributed by atoms with E-state index in [1.54, 1.807) is 11.8 Å². The number of benzene rings is 5. The quantitative estimate of drug-likeness (QED) is 0.0598. The summed E-state index contributed by atoms with van der Waals surface area (Å²) in [5.41, 5.74) is -14.3. The van der Waals surface area contributed by atoms with Crippen molar-refractivity contribution in [3.8, 4) is 0 Å². The number of nitrogens with zero attached hydrogens (tertiary/aromatic N) is 1. The lowest BCUT2D eigenvalue weighted by Gasteiger charge is -2.44. The van der Waals surface area contributed by atoms with Crippen LogP contribution in [-0.2, 0) is 0 Å². The van der Waals surface area contributed by atoms with Gasteiger partial charge in [0.1, 0.15) is 59.8 Å². The summed E-state index contributed by atoms with van der Waals surface area (Å²) in [6.45, 7) is 0. The van der Waals surface area contributed by atoms with Gasteiger partial charge in [-0.3, -0.25) is 4.84 Å². The molecule has 0 radical (unpaired) electrons. The van der Waals surface area contributed by atoms with Crippen LogP contribution in [0.4, 0.5) is 87.8 Å². The molecule has 300 valence electrons. The number of rotatable bonds is 5. The predicted molar refractivity (Wildman–Crippen MR) is 156 cm³/mol. The van der Waals surface area contributed by atoms with Crippen molar-refractivity contribution in [1.29, 1.82) is 0 Å². The standard InChI is InChI=1S/C24BF20.C10H10NO/c26-5-1(6(27)14(35)21(42)13(5)34)25(2-7(28)15(36)22(43)16(37)8(2)29,3-9(30)17(38)23(44)18(39)10(3)31)4-11(32)19(40)24(45)20(41)12(4)33;1-12-11-7-6-9-4-2-3-5-10(9)8-11/h;2-8H,1H3/q-1;+1. The van der Waals surface area contributed by atoms with Crippen molar-refractivity contribution in [2.45, 2.75) is 0 Å². The van der Waals surface area contributed by atoms with Crippen LogP contribution < -0.4 is 31.4 Å². The van der Waals surface area contributed by atoms with Crippen LogP contribution in [0, 0.1) is 116 Å². The molecule has 57 heavy (non-hydrogen) atoms. The van der Waals surface area contributed by atoms with E-state index >= 15 is 35.1 Å². The van der Waals surface area contributed by atoms with E-state index in [1.807, 2.05) is 30.6 Å². The SMILES string of the molecule is CO[n+]1ccc2ccccc2c1.Fc1c(F)c(F)c([B-](c2c(F)c(F)c(F)c(F)c2F)(c2c(F)c(F)c(F)c(F)c2F)c2c(F)c(F)c(F)c(F)c2F)c(F)c1F. The van der Waals surface area contributed by atoms with E-state index in [2.05, 4.69) is 12.1 Å². The Morgan fingerprint density at radius 1 is 0.333 bits per heavy atom.